The van der Waals surface area contributed by atoms with Gasteiger partial charge in [0.1, 0.15) is 0 Å². The molecule has 2 nitrogen and oxygen atoms in total. The van der Waals surface area contributed by atoms with E-state index in [4.69, 9.17) is 10.8 Å². The molecule has 0 aliphatic rings. The van der Waals surface area contributed by atoms with Crippen LogP contribution in [0.3, 0.4) is 0 Å². The van der Waals surface area contributed by atoms with Gasteiger partial charge in [-0.2, -0.15) is 0 Å². The Bertz CT molecular complexity index is 104. The third kappa shape index (κ3) is 11.9. The van der Waals surface area contributed by atoms with Crippen molar-refractivity contribution in [1.82, 2.24) is 0 Å². The van der Waals surface area contributed by atoms with Crippen LogP contribution < -0.4 is 5.73 Å². The summed E-state index contributed by atoms with van der Waals surface area (Å²) in [4.78, 5) is 0. The van der Waals surface area contributed by atoms with Crippen molar-refractivity contribution in [1.29, 1.82) is 0 Å². The molecule has 0 aromatic rings. The van der Waals surface area contributed by atoms with Crippen LogP contribution in [0, 0.1) is 0 Å². The molecular formula is C12H27NO. The zero-order chi connectivity index (χ0) is 10.6. The van der Waals surface area contributed by atoms with Crippen molar-refractivity contribution < 1.29 is 5.11 Å². The maximum Gasteiger partial charge on any atom is 0.0431 e. The van der Waals surface area contributed by atoms with E-state index >= 15 is 0 Å². The van der Waals surface area contributed by atoms with Gasteiger partial charge in [0.2, 0.25) is 0 Å². The molecule has 1 atom stereocenters. The van der Waals surface area contributed by atoms with Crippen molar-refractivity contribution in [2.45, 2.75) is 70.8 Å². The monoisotopic (exact) mass is 201 g/mol. The van der Waals surface area contributed by atoms with Gasteiger partial charge >= 0.3 is 0 Å². The lowest BCUT2D eigenvalue weighted by Gasteiger charge is -2.04. The van der Waals surface area contributed by atoms with Crippen LogP contribution in [0.5, 0.6) is 0 Å². The SMILES string of the molecule is CC(N)CCCCCCCCCCO. The van der Waals surface area contributed by atoms with Crippen molar-refractivity contribution >= 4 is 0 Å². The number of unbranched alkanes of at least 4 members (excludes halogenated alkanes) is 7. The largest absolute Gasteiger partial charge is 0.396 e. The van der Waals surface area contributed by atoms with E-state index in [2.05, 4.69) is 6.92 Å². The third-order valence-electron chi connectivity index (χ3n) is 2.57. The zero-order valence-electron chi connectivity index (χ0n) is 9.67. The molecule has 0 aliphatic carbocycles. The number of hydrogen-bond donors (Lipinski definition) is 2. The first-order valence-electron chi connectivity index (χ1n) is 6.14. The molecule has 0 aromatic heterocycles. The van der Waals surface area contributed by atoms with E-state index < -0.39 is 0 Å². The van der Waals surface area contributed by atoms with Gasteiger partial charge in [-0.1, -0.05) is 44.9 Å². The number of aliphatic hydroxyl groups excluding tert-OH is 1. The summed E-state index contributed by atoms with van der Waals surface area (Å²) in [6, 6.07) is 0.375. The van der Waals surface area contributed by atoms with Crippen LogP contribution >= 0.6 is 0 Å². The number of nitrogens with two attached hydrogens (primary N) is 1. The lowest BCUT2D eigenvalue weighted by atomic mass is 10.1. The molecule has 3 N–H and O–H groups in total. The Morgan fingerprint density at radius 1 is 0.857 bits per heavy atom. The van der Waals surface area contributed by atoms with Gasteiger partial charge in [0.05, 0.1) is 0 Å². The van der Waals surface area contributed by atoms with Gasteiger partial charge in [0, 0.05) is 12.6 Å². The normalized spacial score (nSPS) is 13.1. The summed E-state index contributed by atoms with van der Waals surface area (Å²) in [6.45, 7) is 2.43. The summed E-state index contributed by atoms with van der Waals surface area (Å²) < 4.78 is 0. The average Bonchev–Trinajstić information content (AvgIpc) is 2.15. The predicted octanol–water partition coefficient (Wildman–Crippen LogP) is 2.84. The Hall–Kier alpha value is -0.0800. The summed E-state index contributed by atoms with van der Waals surface area (Å²) in [7, 11) is 0. The highest BCUT2D eigenvalue weighted by atomic mass is 16.2. The quantitative estimate of drug-likeness (QED) is 0.534. The van der Waals surface area contributed by atoms with Crippen molar-refractivity contribution in [3.05, 3.63) is 0 Å². The Kier molecular flexibility index (Phi) is 10.9. The standard InChI is InChI=1S/C12H27NO/c1-12(13)10-8-6-4-2-3-5-7-9-11-14/h12,14H,2-11,13H2,1H3. The molecule has 0 fully saturated rings. The van der Waals surface area contributed by atoms with Gasteiger partial charge in [-0.3, -0.25) is 0 Å². The first-order valence-corrected chi connectivity index (χ1v) is 6.14. The fourth-order valence-electron chi connectivity index (χ4n) is 1.64. The highest BCUT2D eigenvalue weighted by molar-refractivity contribution is 4.53. The Morgan fingerprint density at radius 3 is 1.71 bits per heavy atom. The van der Waals surface area contributed by atoms with Crippen LogP contribution in [-0.2, 0) is 0 Å². The first kappa shape index (κ1) is 13.9. The van der Waals surface area contributed by atoms with Crippen LogP contribution in [0.4, 0.5) is 0 Å². The van der Waals surface area contributed by atoms with E-state index in [1.807, 2.05) is 0 Å². The van der Waals surface area contributed by atoms with Gasteiger partial charge in [0.15, 0.2) is 0 Å². The second-order valence-electron chi connectivity index (χ2n) is 4.32. The number of rotatable bonds is 10. The van der Waals surface area contributed by atoms with Gasteiger partial charge < -0.3 is 10.8 Å². The van der Waals surface area contributed by atoms with Gasteiger partial charge in [0.25, 0.3) is 0 Å². The fraction of sp³-hybridized carbons (Fsp3) is 1.00. The smallest absolute Gasteiger partial charge is 0.0431 e. The van der Waals surface area contributed by atoms with E-state index in [0.717, 1.165) is 6.42 Å². The summed E-state index contributed by atoms with van der Waals surface area (Å²) >= 11 is 0. The molecular weight excluding hydrogens is 174 g/mol. The first-order chi connectivity index (χ1) is 6.77. The molecule has 14 heavy (non-hydrogen) atoms. The second kappa shape index (κ2) is 11.0. The number of aliphatic hydroxyl groups is 1. The van der Waals surface area contributed by atoms with Crippen LogP contribution in [0.1, 0.15) is 64.7 Å². The maximum absolute atomic E-state index is 8.58. The molecule has 86 valence electrons. The minimum Gasteiger partial charge on any atom is -0.396 e. The van der Waals surface area contributed by atoms with Gasteiger partial charge in [-0.15, -0.1) is 0 Å². The Labute approximate surface area is 88.9 Å². The van der Waals surface area contributed by atoms with E-state index in [1.54, 1.807) is 0 Å². The molecule has 0 radical (unpaired) electrons. The molecule has 2 heteroatoms. The molecule has 1 unspecified atom stereocenters. The average molecular weight is 201 g/mol. The lowest BCUT2D eigenvalue weighted by Crippen LogP contribution is -2.13. The molecule has 0 amide bonds. The van der Waals surface area contributed by atoms with Gasteiger partial charge in [-0.05, 0) is 19.8 Å². The van der Waals surface area contributed by atoms with E-state index in [1.165, 1.54) is 51.4 Å². The minimum atomic E-state index is 0.356. The van der Waals surface area contributed by atoms with Crippen molar-refractivity contribution in [3.63, 3.8) is 0 Å². The Morgan fingerprint density at radius 2 is 1.29 bits per heavy atom. The summed E-state index contributed by atoms with van der Waals surface area (Å²) in [6.07, 6.45) is 11.3. The van der Waals surface area contributed by atoms with Crippen LogP contribution in [0.15, 0.2) is 0 Å². The fourth-order valence-corrected chi connectivity index (χ4v) is 1.64. The van der Waals surface area contributed by atoms with Crippen molar-refractivity contribution in [3.8, 4) is 0 Å². The lowest BCUT2D eigenvalue weighted by molar-refractivity contribution is 0.282. The third-order valence-corrected chi connectivity index (χ3v) is 2.57. The zero-order valence-corrected chi connectivity index (χ0v) is 9.67. The van der Waals surface area contributed by atoms with Crippen LogP contribution in [0.2, 0.25) is 0 Å². The highest BCUT2D eigenvalue weighted by Crippen LogP contribution is 2.09. The Balaban J connectivity index is 2.85. The second-order valence-corrected chi connectivity index (χ2v) is 4.32. The van der Waals surface area contributed by atoms with Gasteiger partial charge in [-0.25, -0.2) is 0 Å². The van der Waals surface area contributed by atoms with E-state index in [-0.39, 0.29) is 0 Å². The molecule has 0 aliphatic heterocycles. The van der Waals surface area contributed by atoms with Crippen molar-refractivity contribution in [2.24, 2.45) is 5.73 Å². The molecule has 0 aromatic carbocycles. The van der Waals surface area contributed by atoms with Crippen LogP contribution in [-0.4, -0.2) is 17.8 Å². The van der Waals surface area contributed by atoms with Crippen molar-refractivity contribution in [2.75, 3.05) is 6.61 Å². The summed E-state index contributed by atoms with van der Waals surface area (Å²) in [5.74, 6) is 0. The number of hydrogen-bond acceptors (Lipinski definition) is 2. The maximum atomic E-state index is 8.58. The molecule has 0 rings (SSSR count). The van der Waals surface area contributed by atoms with E-state index in [9.17, 15) is 0 Å². The highest BCUT2D eigenvalue weighted by Gasteiger charge is 1.94. The molecule has 0 saturated carbocycles. The summed E-state index contributed by atoms with van der Waals surface area (Å²) in [5, 5.41) is 8.58. The van der Waals surface area contributed by atoms with Crippen LogP contribution in [0.25, 0.3) is 0 Å². The molecule has 0 saturated heterocycles. The van der Waals surface area contributed by atoms with E-state index in [0.29, 0.717) is 12.6 Å². The molecule has 0 spiro atoms. The minimum absolute atomic E-state index is 0.356. The topological polar surface area (TPSA) is 46.2 Å². The summed E-state index contributed by atoms with van der Waals surface area (Å²) in [5.41, 5.74) is 5.66. The molecule has 0 heterocycles. The molecule has 0 bridgehead atoms. The predicted molar refractivity (Wildman–Crippen MR) is 62.3 cm³/mol.